The highest BCUT2D eigenvalue weighted by Gasteiger charge is 2.31. The normalized spacial score (nSPS) is 17.7. The number of non-ortho nitro benzene ring substituents is 1. The highest BCUT2D eigenvalue weighted by molar-refractivity contribution is 5.73. The topological polar surface area (TPSA) is 226 Å². The Bertz CT molecular complexity index is 3580. The van der Waals surface area contributed by atoms with E-state index in [1.807, 2.05) is 77.9 Å². The molecule has 0 spiro atoms. The van der Waals surface area contributed by atoms with E-state index in [-0.39, 0.29) is 35.8 Å². The third kappa shape index (κ3) is 27.7. The van der Waals surface area contributed by atoms with E-state index in [4.69, 9.17) is 38.3 Å². The number of benzene rings is 6. The number of aromatic hydroxyl groups is 1. The monoisotopic (exact) mass is 1480 g/mol. The molecule has 7 fully saturated rings. The molecule has 0 unspecified atom stereocenters. The fourth-order valence-electron chi connectivity index (χ4n) is 15.2. The molecule has 5 aliphatic carbocycles. The number of nitro groups is 1. The molecule has 2 saturated heterocycles. The highest BCUT2D eigenvalue weighted by atomic mass is 16.7. The van der Waals surface area contributed by atoms with Crippen LogP contribution in [-0.4, -0.2) is 131 Å². The van der Waals surface area contributed by atoms with Crippen LogP contribution in [0, 0.1) is 10.1 Å². The Morgan fingerprint density at radius 2 is 0.556 bits per heavy atom. The van der Waals surface area contributed by atoms with Crippen LogP contribution in [0.1, 0.15) is 259 Å². The van der Waals surface area contributed by atoms with Crippen molar-refractivity contribution >= 4 is 36.2 Å². The molecule has 0 radical (unpaired) electrons. The minimum absolute atomic E-state index is 0.0704. The van der Waals surface area contributed by atoms with Crippen molar-refractivity contribution in [1.29, 1.82) is 0 Å². The van der Waals surface area contributed by atoms with Gasteiger partial charge in [0.15, 0.2) is 0 Å². The van der Waals surface area contributed by atoms with Crippen LogP contribution in [0.2, 0.25) is 0 Å². The lowest BCUT2D eigenvalue weighted by Crippen LogP contribution is -2.52. The molecule has 0 bridgehead atoms. The Balaban J connectivity index is 0.000000160. The van der Waals surface area contributed by atoms with Crippen molar-refractivity contribution in [1.82, 2.24) is 19.6 Å². The van der Waals surface area contributed by atoms with Crippen molar-refractivity contribution in [3.05, 3.63) is 184 Å². The van der Waals surface area contributed by atoms with Gasteiger partial charge in [-0.05, 0) is 236 Å². The summed E-state index contributed by atoms with van der Waals surface area (Å²) in [6, 6.07) is 44.9. The first-order valence-corrected chi connectivity index (χ1v) is 39.8. The van der Waals surface area contributed by atoms with E-state index in [0.29, 0.717) is 93.1 Å². The molecular weight excluding hydrogens is 1370 g/mol. The summed E-state index contributed by atoms with van der Waals surface area (Å²) in [6.07, 6.45) is 30.6. The summed E-state index contributed by atoms with van der Waals surface area (Å²) in [5, 5.41) is 19.7. The van der Waals surface area contributed by atoms with Gasteiger partial charge in [-0.3, -0.25) is 10.1 Å². The second-order valence-electron chi connectivity index (χ2n) is 31.6. The molecule has 2 aliphatic heterocycles. The number of nitro benzene ring substituents is 1. The zero-order valence-electron chi connectivity index (χ0n) is 65.0. The van der Waals surface area contributed by atoms with Crippen LogP contribution in [0.15, 0.2) is 146 Å². The fourth-order valence-corrected chi connectivity index (χ4v) is 15.2. The number of amides is 4. The van der Waals surface area contributed by atoms with Crippen LogP contribution in [-0.2, 0) is 9.47 Å². The molecule has 20 heteroatoms. The number of hydrogen-bond donors (Lipinski definition) is 1. The van der Waals surface area contributed by atoms with E-state index in [1.165, 1.54) is 213 Å². The molecule has 6 aromatic rings. The quantitative estimate of drug-likeness (QED) is 0.0551. The van der Waals surface area contributed by atoms with E-state index in [1.54, 1.807) is 51.0 Å². The molecule has 1 N–H and O–H groups in total. The zero-order valence-corrected chi connectivity index (χ0v) is 65.0. The second-order valence-corrected chi connectivity index (χ2v) is 31.6. The predicted molar refractivity (Wildman–Crippen MR) is 420 cm³/mol. The van der Waals surface area contributed by atoms with Crippen molar-refractivity contribution in [2.75, 3.05) is 59.5 Å². The minimum Gasteiger partial charge on any atom is -0.508 e. The summed E-state index contributed by atoms with van der Waals surface area (Å²) in [6.45, 7) is 14.6. The molecule has 7 aliphatic rings. The van der Waals surface area contributed by atoms with E-state index in [9.17, 15) is 34.1 Å². The molecule has 13 rings (SSSR count). The number of carbonyl (C=O) groups is 5. The average molecular weight is 1480 g/mol. The Labute approximate surface area is 640 Å². The van der Waals surface area contributed by atoms with Crippen LogP contribution in [0.4, 0.5) is 29.7 Å². The maximum Gasteiger partial charge on any atom is 0.519 e. The Morgan fingerprint density at radius 1 is 0.333 bits per heavy atom. The standard InChI is InChI=1S/2C22H32N2O4.C19H19NO5.C13H18O.C12H16O/c2*1-22(2,3)28-21(26)24-15-13-23(14-16-24)20(25)27-19-11-9-18(10-12-19)17-7-5-4-6-8-17;21-19(25-18-12-8-16(9-13-18)20(22)23)24-17-10-6-15(7-11-17)14-4-2-1-3-5-14;1-14-13-9-7-12(8-10-13)11-5-3-2-4-6-11;13-12-8-6-11(7-9-12)10-4-2-1-3-5-10/h2*9-12,17H,4-8,13-16H2,1-3H3;6-14H,1-5H2;7-11H,2-6H2,1H3;6-10,13H,1-5H2. The SMILES string of the molecule is CC(C)(C)OC(=O)N1CCN(C(=O)Oc2ccc(C3CCCCC3)cc2)CC1.CC(C)(C)OC(=O)N1CCN(C(=O)Oc2ccc(C3CCCCC3)cc2)CC1.COc1ccc(C2CCCCC2)cc1.O=C(Oc1ccc(C2CCCCC2)cc1)Oc1ccc([N+](=O)[O-])cc1.Oc1ccc(C2CCCCC2)cc1. The van der Waals surface area contributed by atoms with Gasteiger partial charge in [-0.1, -0.05) is 157 Å². The van der Waals surface area contributed by atoms with Gasteiger partial charge < -0.3 is 57.9 Å². The minimum atomic E-state index is -0.876. The summed E-state index contributed by atoms with van der Waals surface area (Å²) >= 11 is 0. The maximum absolute atomic E-state index is 12.4. The number of piperazine rings is 2. The highest BCUT2D eigenvalue weighted by Crippen LogP contribution is 2.38. The Kier molecular flexibility index (Phi) is 32.1. The number of nitrogens with zero attached hydrogens (tertiary/aromatic N) is 5. The largest absolute Gasteiger partial charge is 0.519 e. The Hall–Kier alpha value is -9.33. The molecule has 584 valence electrons. The summed E-state index contributed by atoms with van der Waals surface area (Å²) in [7, 11) is 1.72. The Morgan fingerprint density at radius 3 is 0.796 bits per heavy atom. The van der Waals surface area contributed by atoms with E-state index >= 15 is 0 Å². The lowest BCUT2D eigenvalue weighted by atomic mass is 9.84. The molecule has 2 heterocycles. The predicted octanol–water partition coefficient (Wildman–Crippen LogP) is 22.0. The van der Waals surface area contributed by atoms with Crippen LogP contribution >= 0.6 is 0 Å². The van der Waals surface area contributed by atoms with Gasteiger partial charge in [0.2, 0.25) is 0 Å². The van der Waals surface area contributed by atoms with Gasteiger partial charge >= 0.3 is 30.5 Å². The third-order valence-electron chi connectivity index (χ3n) is 21.3. The smallest absolute Gasteiger partial charge is 0.508 e. The molecule has 0 atom stereocenters. The van der Waals surface area contributed by atoms with Crippen LogP contribution < -0.4 is 23.7 Å². The van der Waals surface area contributed by atoms with Gasteiger partial charge in [-0.15, -0.1) is 0 Å². The summed E-state index contributed by atoms with van der Waals surface area (Å²) < 4.78 is 37.1. The molecule has 20 nitrogen and oxygen atoms in total. The van der Waals surface area contributed by atoms with Crippen LogP contribution in [0.25, 0.3) is 0 Å². The summed E-state index contributed by atoms with van der Waals surface area (Å²) in [5.74, 6) is 6.49. The van der Waals surface area contributed by atoms with E-state index < -0.39 is 22.3 Å². The lowest BCUT2D eigenvalue weighted by molar-refractivity contribution is -0.384. The van der Waals surface area contributed by atoms with Crippen molar-refractivity contribution in [2.24, 2.45) is 0 Å². The van der Waals surface area contributed by atoms with E-state index in [2.05, 4.69) is 60.7 Å². The molecule has 0 aromatic heterocycles. The number of ether oxygens (including phenoxy) is 7. The lowest BCUT2D eigenvalue weighted by Gasteiger charge is -2.35. The fraction of sp³-hybridized carbons (Fsp3) is 0.534. The van der Waals surface area contributed by atoms with E-state index in [0.717, 1.165) is 17.6 Å². The number of carbonyl (C=O) groups excluding carboxylic acids is 5. The number of phenolic OH excluding ortho intramolecular Hbond substituents is 1. The first-order chi connectivity index (χ1) is 52.0. The van der Waals surface area contributed by atoms with Crippen LogP contribution in [0.3, 0.4) is 0 Å². The molecule has 6 aromatic carbocycles. The maximum atomic E-state index is 12.4. The molecule has 4 amide bonds. The number of hydrogen-bond acceptors (Lipinski definition) is 15. The van der Waals surface area contributed by atoms with Crippen molar-refractivity contribution < 1.29 is 67.2 Å². The van der Waals surface area contributed by atoms with Gasteiger partial charge in [0.05, 0.1) is 12.0 Å². The third-order valence-corrected chi connectivity index (χ3v) is 21.3. The van der Waals surface area contributed by atoms with Gasteiger partial charge in [0.1, 0.15) is 45.7 Å². The van der Waals surface area contributed by atoms with Crippen molar-refractivity contribution in [3.8, 4) is 34.5 Å². The first-order valence-electron chi connectivity index (χ1n) is 39.8. The number of methoxy groups -OCH3 is 1. The molecule has 108 heavy (non-hydrogen) atoms. The van der Waals surface area contributed by atoms with Gasteiger partial charge in [-0.2, -0.15) is 0 Å². The molecular formula is C88H117N5O15. The van der Waals surface area contributed by atoms with Crippen LogP contribution in [0.5, 0.6) is 34.5 Å². The van der Waals surface area contributed by atoms with Crippen molar-refractivity contribution in [2.45, 2.75) is 243 Å². The summed E-state index contributed by atoms with van der Waals surface area (Å²) in [5.41, 5.74) is 5.74. The van der Waals surface area contributed by atoms with Crippen molar-refractivity contribution in [3.63, 3.8) is 0 Å². The summed E-state index contributed by atoms with van der Waals surface area (Å²) in [4.78, 5) is 77.5. The molecule has 5 saturated carbocycles. The zero-order chi connectivity index (χ0) is 76.8. The second kappa shape index (κ2) is 41.9. The van der Waals surface area contributed by atoms with Gasteiger partial charge in [-0.25, -0.2) is 24.0 Å². The number of rotatable bonds is 11. The van der Waals surface area contributed by atoms with Gasteiger partial charge in [0.25, 0.3) is 5.69 Å². The average Bonchev–Trinajstić information content (AvgIpc) is 0.857. The van der Waals surface area contributed by atoms with Gasteiger partial charge in [0, 0.05) is 64.5 Å². The number of phenols is 1. The first kappa shape index (κ1) is 82.7.